The first-order valence-electron chi connectivity index (χ1n) is 5.29. The number of alkyl halides is 1. The number of carbonyl (C=O) groups is 2. The van der Waals surface area contributed by atoms with Crippen LogP contribution in [0.15, 0.2) is 0 Å². The molecule has 0 aliphatic carbocycles. The van der Waals surface area contributed by atoms with Crippen molar-refractivity contribution in [1.82, 2.24) is 0 Å². The molecule has 0 N–H and O–H groups in total. The third kappa shape index (κ3) is 11.0. The molecule has 0 heterocycles. The molecule has 0 aromatic rings. The fourth-order valence-electron chi connectivity index (χ4n) is 1.24. The molecule has 0 bridgehead atoms. The SMILES string of the molecule is CC(=O)CCCC(F)CCCOC(C)=O. The van der Waals surface area contributed by atoms with Crippen LogP contribution in [0, 0.1) is 0 Å². The van der Waals surface area contributed by atoms with E-state index in [1.807, 2.05) is 0 Å². The first-order valence-corrected chi connectivity index (χ1v) is 5.29. The Morgan fingerprint density at radius 2 is 1.80 bits per heavy atom. The van der Waals surface area contributed by atoms with E-state index in [-0.39, 0.29) is 18.4 Å². The zero-order chi connectivity index (χ0) is 11.7. The summed E-state index contributed by atoms with van der Waals surface area (Å²) in [6, 6.07) is 0. The van der Waals surface area contributed by atoms with Crippen molar-refractivity contribution >= 4 is 11.8 Å². The highest BCUT2D eigenvalue weighted by molar-refractivity contribution is 5.75. The first kappa shape index (κ1) is 14.1. The van der Waals surface area contributed by atoms with Crippen molar-refractivity contribution in [2.24, 2.45) is 0 Å². The first-order chi connectivity index (χ1) is 7.02. The summed E-state index contributed by atoms with van der Waals surface area (Å²) in [5.74, 6) is -0.232. The molecular weight excluding hydrogens is 199 g/mol. The Hall–Kier alpha value is -0.930. The zero-order valence-corrected chi connectivity index (χ0v) is 9.42. The highest BCUT2D eigenvalue weighted by Crippen LogP contribution is 2.11. The number of ketones is 1. The third-order valence-electron chi connectivity index (χ3n) is 2.01. The molecule has 0 aromatic carbocycles. The van der Waals surface area contributed by atoms with Crippen LogP contribution in [0.1, 0.15) is 46.0 Å². The van der Waals surface area contributed by atoms with Crippen LogP contribution in [-0.4, -0.2) is 24.5 Å². The smallest absolute Gasteiger partial charge is 0.302 e. The van der Waals surface area contributed by atoms with Gasteiger partial charge >= 0.3 is 5.97 Å². The molecule has 0 aliphatic rings. The van der Waals surface area contributed by atoms with E-state index in [0.717, 1.165) is 0 Å². The number of rotatable bonds is 8. The van der Waals surface area contributed by atoms with Crippen LogP contribution >= 0.6 is 0 Å². The molecule has 3 nitrogen and oxygen atoms in total. The van der Waals surface area contributed by atoms with Crippen LogP contribution in [0.3, 0.4) is 0 Å². The van der Waals surface area contributed by atoms with E-state index in [9.17, 15) is 14.0 Å². The summed E-state index contributed by atoms with van der Waals surface area (Å²) in [6.07, 6.45) is 1.51. The fourth-order valence-corrected chi connectivity index (χ4v) is 1.24. The molecule has 0 saturated carbocycles. The Morgan fingerprint density at radius 1 is 1.20 bits per heavy atom. The van der Waals surface area contributed by atoms with Gasteiger partial charge in [-0.3, -0.25) is 4.79 Å². The van der Waals surface area contributed by atoms with Crippen LogP contribution in [0.2, 0.25) is 0 Å². The van der Waals surface area contributed by atoms with Gasteiger partial charge in [-0.1, -0.05) is 0 Å². The lowest BCUT2D eigenvalue weighted by atomic mass is 10.1. The van der Waals surface area contributed by atoms with Crippen molar-refractivity contribution in [3.8, 4) is 0 Å². The minimum absolute atomic E-state index is 0.0992. The molecule has 0 amide bonds. The number of hydrogen-bond donors (Lipinski definition) is 0. The number of halogens is 1. The quantitative estimate of drug-likeness (QED) is 0.464. The molecular formula is C11H19FO3. The maximum atomic E-state index is 13.1. The summed E-state index contributed by atoms with van der Waals surface area (Å²) in [5.41, 5.74) is 0. The second kappa shape index (κ2) is 8.38. The van der Waals surface area contributed by atoms with E-state index in [4.69, 9.17) is 0 Å². The van der Waals surface area contributed by atoms with Crippen molar-refractivity contribution in [2.75, 3.05) is 6.61 Å². The molecule has 88 valence electrons. The van der Waals surface area contributed by atoms with Gasteiger partial charge in [0.05, 0.1) is 6.61 Å². The van der Waals surface area contributed by atoms with Gasteiger partial charge in [-0.25, -0.2) is 4.39 Å². The summed E-state index contributed by atoms with van der Waals surface area (Å²) >= 11 is 0. The highest BCUT2D eigenvalue weighted by Gasteiger charge is 2.07. The normalized spacial score (nSPS) is 12.2. The molecule has 4 heteroatoms. The van der Waals surface area contributed by atoms with Crippen molar-refractivity contribution in [1.29, 1.82) is 0 Å². The minimum atomic E-state index is -0.889. The number of carbonyl (C=O) groups excluding carboxylic acids is 2. The third-order valence-corrected chi connectivity index (χ3v) is 2.01. The number of Topliss-reactive ketones (excluding diaryl/α,β-unsaturated/α-hetero) is 1. The van der Waals surface area contributed by atoms with E-state index in [0.29, 0.717) is 32.1 Å². The predicted molar refractivity (Wildman–Crippen MR) is 55.3 cm³/mol. The Morgan fingerprint density at radius 3 is 2.33 bits per heavy atom. The van der Waals surface area contributed by atoms with E-state index < -0.39 is 6.17 Å². The Balaban J connectivity index is 3.29. The van der Waals surface area contributed by atoms with Gasteiger partial charge in [-0.05, 0) is 32.6 Å². The maximum absolute atomic E-state index is 13.1. The van der Waals surface area contributed by atoms with Crippen LogP contribution in [0.25, 0.3) is 0 Å². The molecule has 0 aliphatic heterocycles. The lowest BCUT2D eigenvalue weighted by molar-refractivity contribution is -0.141. The van der Waals surface area contributed by atoms with Crippen molar-refractivity contribution < 1.29 is 18.7 Å². The Bertz CT molecular complexity index is 204. The van der Waals surface area contributed by atoms with Crippen molar-refractivity contribution in [3.63, 3.8) is 0 Å². The van der Waals surface area contributed by atoms with Gasteiger partial charge in [-0.15, -0.1) is 0 Å². The largest absolute Gasteiger partial charge is 0.466 e. The summed E-state index contributed by atoms with van der Waals surface area (Å²) in [7, 11) is 0. The molecule has 0 radical (unpaired) electrons. The average Bonchev–Trinajstić information content (AvgIpc) is 2.11. The summed E-state index contributed by atoms with van der Waals surface area (Å²) in [6.45, 7) is 3.12. The molecule has 0 rings (SSSR count). The van der Waals surface area contributed by atoms with Crippen LogP contribution in [0.5, 0.6) is 0 Å². The molecule has 0 spiro atoms. The second-order valence-corrected chi connectivity index (χ2v) is 3.67. The van der Waals surface area contributed by atoms with Gasteiger partial charge in [0.15, 0.2) is 0 Å². The molecule has 1 atom stereocenters. The molecule has 0 aromatic heterocycles. The van der Waals surface area contributed by atoms with E-state index in [1.54, 1.807) is 0 Å². The van der Waals surface area contributed by atoms with Crippen molar-refractivity contribution in [2.45, 2.75) is 52.1 Å². The Labute approximate surface area is 90.0 Å². The van der Waals surface area contributed by atoms with E-state index in [1.165, 1.54) is 13.8 Å². The zero-order valence-electron chi connectivity index (χ0n) is 9.42. The van der Waals surface area contributed by atoms with Crippen molar-refractivity contribution in [3.05, 3.63) is 0 Å². The molecule has 15 heavy (non-hydrogen) atoms. The highest BCUT2D eigenvalue weighted by atomic mass is 19.1. The lowest BCUT2D eigenvalue weighted by Crippen LogP contribution is -2.06. The van der Waals surface area contributed by atoms with E-state index >= 15 is 0 Å². The average molecular weight is 218 g/mol. The standard InChI is InChI=1S/C11H19FO3/c1-9(13)5-3-6-11(12)7-4-8-15-10(2)14/h11H,3-8H2,1-2H3. The van der Waals surface area contributed by atoms with Gasteiger partial charge in [0.25, 0.3) is 0 Å². The summed E-state index contributed by atoms with van der Waals surface area (Å²) in [5, 5.41) is 0. The monoisotopic (exact) mass is 218 g/mol. The maximum Gasteiger partial charge on any atom is 0.302 e. The van der Waals surface area contributed by atoms with Crippen LogP contribution in [-0.2, 0) is 14.3 Å². The number of ether oxygens (including phenoxy) is 1. The molecule has 0 saturated heterocycles. The fraction of sp³-hybridized carbons (Fsp3) is 0.818. The lowest BCUT2D eigenvalue weighted by Gasteiger charge is -2.07. The molecule has 0 fully saturated rings. The topological polar surface area (TPSA) is 43.4 Å². The van der Waals surface area contributed by atoms with E-state index in [2.05, 4.69) is 4.74 Å². The summed E-state index contributed by atoms with van der Waals surface area (Å²) < 4.78 is 17.8. The number of hydrogen-bond acceptors (Lipinski definition) is 3. The minimum Gasteiger partial charge on any atom is -0.466 e. The number of esters is 1. The Kier molecular flexibility index (Phi) is 7.86. The predicted octanol–water partition coefficient (Wildman–Crippen LogP) is 2.43. The van der Waals surface area contributed by atoms with Gasteiger partial charge in [0.1, 0.15) is 12.0 Å². The van der Waals surface area contributed by atoms with Gasteiger partial charge in [-0.2, -0.15) is 0 Å². The van der Waals surface area contributed by atoms with Gasteiger partial charge in [0, 0.05) is 13.3 Å². The van der Waals surface area contributed by atoms with Crippen LogP contribution in [0.4, 0.5) is 4.39 Å². The van der Waals surface area contributed by atoms with Crippen LogP contribution < -0.4 is 0 Å². The summed E-state index contributed by atoms with van der Waals surface area (Å²) in [4.78, 5) is 21.0. The van der Waals surface area contributed by atoms with Gasteiger partial charge in [0.2, 0.25) is 0 Å². The second-order valence-electron chi connectivity index (χ2n) is 3.67. The van der Waals surface area contributed by atoms with Gasteiger partial charge < -0.3 is 9.53 Å². The molecule has 1 unspecified atom stereocenters.